The summed E-state index contributed by atoms with van der Waals surface area (Å²) in [5.41, 5.74) is 4.39. The van der Waals surface area contributed by atoms with Crippen molar-refractivity contribution in [1.82, 2.24) is 24.9 Å². The zero-order valence-corrected chi connectivity index (χ0v) is 21.9. The zero-order valence-electron chi connectivity index (χ0n) is 20.2. The normalized spacial score (nSPS) is 9.74. The summed E-state index contributed by atoms with van der Waals surface area (Å²) in [7, 11) is 0.750. The van der Waals surface area contributed by atoms with Gasteiger partial charge in [0.25, 0.3) is 5.09 Å². The van der Waals surface area contributed by atoms with Crippen LogP contribution in [0.3, 0.4) is 0 Å². The molecule has 0 fully saturated rings. The molecule has 0 saturated heterocycles. The van der Waals surface area contributed by atoms with E-state index in [-0.39, 0.29) is 28.6 Å². The van der Waals surface area contributed by atoms with E-state index in [0.717, 1.165) is 45.5 Å². The van der Waals surface area contributed by atoms with Crippen LogP contribution >= 0.6 is 11.6 Å². The Kier molecular flexibility index (Phi) is 12.9. The monoisotopic (exact) mass is 587 g/mol. The van der Waals surface area contributed by atoms with Crippen molar-refractivity contribution in [3.8, 4) is 11.4 Å². The van der Waals surface area contributed by atoms with E-state index < -0.39 is 10.5 Å². The average molecular weight is 588 g/mol. The third-order valence-corrected chi connectivity index (χ3v) is 5.28. The van der Waals surface area contributed by atoms with Crippen LogP contribution in [0.25, 0.3) is 44.2 Å². The molecule has 0 aliphatic rings. The summed E-state index contributed by atoms with van der Waals surface area (Å²) in [6, 6.07) is 11.7. The number of carbonyl (C=O) groups excluding carboxylic acids is 2. The Hall–Kier alpha value is -4.03. The quantitative estimate of drug-likeness (QED) is 0.0815. The Morgan fingerprint density at radius 2 is 1.47 bits per heavy atom. The SMILES string of the molecule is CC(=O)C(Cl)C(C)=O.C[O-].O=[N+]([O-])O.[Cu+2].c1cnc2c(c1)c1nc(-c3ccncc3)nc1c1ccc[n-]c12. The van der Waals surface area contributed by atoms with Crippen LogP contribution in [0.1, 0.15) is 13.8 Å². The molecule has 5 rings (SSSR count). The minimum atomic E-state index is -1.50. The van der Waals surface area contributed by atoms with Crippen molar-refractivity contribution in [2.24, 2.45) is 0 Å². The standard InChI is InChI=1S/C18H10N5.C5H7ClO2.CH3O.Cu.HNO3/c1-3-12-14(20-7-1)15-13(4-2-8-21-15)17-16(12)22-18(23-17)11-5-9-19-10-6-11;1-3(7)5(6)4(2)8;1-2;;2-1(3)4/h1-10H;5H,1-2H3;1H3;;(H,2,3,4)/q-1;;-1;+2;. The van der Waals surface area contributed by atoms with Crippen molar-refractivity contribution in [2.45, 2.75) is 19.2 Å². The molecule has 0 saturated carbocycles. The fourth-order valence-electron chi connectivity index (χ4n) is 3.20. The van der Waals surface area contributed by atoms with E-state index in [1.54, 1.807) is 24.8 Å². The number of hydrogen-bond donors (Lipinski definition) is 1. The maximum atomic E-state index is 10.2. The van der Waals surface area contributed by atoms with Gasteiger partial charge in [0, 0.05) is 29.5 Å². The molecule has 12 nitrogen and oxygen atoms in total. The molecule has 14 heteroatoms. The number of fused-ring (bicyclic) bond motifs is 6. The minimum absolute atomic E-state index is 0. The van der Waals surface area contributed by atoms with Crippen molar-refractivity contribution in [3.63, 3.8) is 0 Å². The van der Waals surface area contributed by atoms with Gasteiger partial charge in [0.05, 0.1) is 11.0 Å². The molecule has 0 amide bonds. The number of Topliss-reactive ketones (excluding diaryl/α,β-unsaturated/α-hetero) is 2. The maximum Gasteiger partial charge on any atom is 2.00 e. The van der Waals surface area contributed by atoms with Crippen LogP contribution in [0.5, 0.6) is 0 Å². The first-order valence-electron chi connectivity index (χ1n) is 10.5. The maximum absolute atomic E-state index is 10.2. The number of benzene rings is 1. The molecule has 0 bridgehead atoms. The van der Waals surface area contributed by atoms with E-state index >= 15 is 0 Å². The third-order valence-electron chi connectivity index (χ3n) is 4.66. The van der Waals surface area contributed by atoms with E-state index in [1.165, 1.54) is 13.8 Å². The first kappa shape index (κ1) is 32.0. The van der Waals surface area contributed by atoms with Crippen molar-refractivity contribution in [3.05, 3.63) is 71.3 Å². The molecule has 0 spiro atoms. The number of imidazole rings is 1. The van der Waals surface area contributed by atoms with Gasteiger partial charge in [0.2, 0.25) is 0 Å². The van der Waals surface area contributed by atoms with Crippen molar-refractivity contribution < 1.29 is 42.1 Å². The van der Waals surface area contributed by atoms with Gasteiger partial charge in [-0.25, -0.2) is 9.97 Å². The summed E-state index contributed by atoms with van der Waals surface area (Å²) in [5.74, 6) is 0.113. The van der Waals surface area contributed by atoms with E-state index in [0.29, 0.717) is 5.82 Å². The number of ketones is 2. The number of alkyl halides is 1. The summed E-state index contributed by atoms with van der Waals surface area (Å²) in [6.07, 6.45) is 7.05. The van der Waals surface area contributed by atoms with E-state index in [9.17, 15) is 9.59 Å². The Morgan fingerprint density at radius 1 is 0.947 bits per heavy atom. The molecule has 4 heterocycles. The molecule has 201 valence electrons. The number of aromatic nitrogens is 5. The fraction of sp³-hybridized carbons (Fsp3) is 0.167. The van der Waals surface area contributed by atoms with Crippen molar-refractivity contribution in [2.75, 3.05) is 7.11 Å². The van der Waals surface area contributed by atoms with Gasteiger partial charge in [0.1, 0.15) is 10.9 Å². The van der Waals surface area contributed by atoms with Crippen LogP contribution in [0.15, 0.2) is 61.2 Å². The molecule has 0 unspecified atom stereocenters. The summed E-state index contributed by atoms with van der Waals surface area (Å²) >= 11 is 5.25. The molecule has 1 aromatic carbocycles. The summed E-state index contributed by atoms with van der Waals surface area (Å²) < 4.78 is 0. The zero-order chi connectivity index (χ0) is 27.5. The van der Waals surface area contributed by atoms with Crippen LogP contribution in [-0.4, -0.2) is 54.3 Å². The van der Waals surface area contributed by atoms with Gasteiger partial charge < -0.3 is 15.3 Å². The van der Waals surface area contributed by atoms with Crippen molar-refractivity contribution >= 4 is 56.0 Å². The van der Waals surface area contributed by atoms with E-state index in [1.807, 2.05) is 36.4 Å². The summed E-state index contributed by atoms with van der Waals surface area (Å²) in [4.78, 5) is 51.4. The molecule has 4 aromatic heterocycles. The number of hydrogen-bond acceptors (Lipinski definition) is 9. The Labute approximate surface area is 231 Å². The number of rotatable bonds is 3. The molecular formula is C24H21ClCuN6O6. The van der Waals surface area contributed by atoms with Crippen LogP contribution in [0.4, 0.5) is 0 Å². The smallest absolute Gasteiger partial charge is 0.857 e. The van der Waals surface area contributed by atoms with Crippen LogP contribution in [0.2, 0.25) is 0 Å². The number of carbonyl (C=O) groups is 2. The Balaban J connectivity index is 0.000000408. The number of nitrogens with zero attached hydrogens (tertiary/aromatic N) is 6. The van der Waals surface area contributed by atoms with Gasteiger partial charge in [-0.1, -0.05) is 12.1 Å². The summed E-state index contributed by atoms with van der Waals surface area (Å²) in [6.45, 7) is 2.58. The van der Waals surface area contributed by atoms with Crippen LogP contribution in [-0.2, 0) is 26.7 Å². The van der Waals surface area contributed by atoms with Gasteiger partial charge in [-0.15, -0.1) is 27.2 Å². The third kappa shape index (κ3) is 7.98. The second-order valence-electron chi connectivity index (χ2n) is 7.10. The molecule has 1 N–H and O–H groups in total. The predicted molar refractivity (Wildman–Crippen MR) is 135 cm³/mol. The average Bonchev–Trinajstić information content (AvgIpc) is 3.36. The van der Waals surface area contributed by atoms with Crippen LogP contribution < -0.4 is 10.1 Å². The molecule has 0 aliphatic heterocycles. The van der Waals surface area contributed by atoms with Gasteiger partial charge in [0.15, 0.2) is 17.4 Å². The van der Waals surface area contributed by atoms with E-state index in [2.05, 4.69) is 15.0 Å². The van der Waals surface area contributed by atoms with Gasteiger partial charge in [-0.05, 0) is 43.5 Å². The number of halogens is 1. The van der Waals surface area contributed by atoms with Crippen molar-refractivity contribution in [1.29, 1.82) is 0 Å². The second kappa shape index (κ2) is 15.3. The summed E-state index contributed by atoms with van der Waals surface area (Å²) in [5, 5.41) is 22.9. The van der Waals surface area contributed by atoms with Gasteiger partial charge in [-0.3, -0.25) is 19.6 Å². The van der Waals surface area contributed by atoms with Crippen LogP contribution in [0, 0.1) is 10.1 Å². The predicted octanol–water partition coefficient (Wildman–Crippen LogP) is 2.75. The van der Waals surface area contributed by atoms with E-state index in [4.69, 9.17) is 42.0 Å². The molecular weight excluding hydrogens is 567 g/mol. The molecule has 1 radical (unpaired) electrons. The minimum Gasteiger partial charge on any atom is -0.857 e. The molecule has 38 heavy (non-hydrogen) atoms. The molecule has 5 aromatic rings. The largest absolute Gasteiger partial charge is 2.00 e. The van der Waals surface area contributed by atoms with Gasteiger partial charge in [-0.2, -0.15) is 13.3 Å². The number of pyridine rings is 3. The molecule has 0 atom stereocenters. The first-order valence-corrected chi connectivity index (χ1v) is 10.9. The van der Waals surface area contributed by atoms with Gasteiger partial charge >= 0.3 is 17.1 Å². The second-order valence-corrected chi connectivity index (χ2v) is 7.54. The fourth-order valence-corrected chi connectivity index (χ4v) is 3.20. The molecule has 0 aliphatic carbocycles. The Morgan fingerprint density at radius 3 is 2.00 bits per heavy atom. The first-order chi connectivity index (χ1) is 17.7. The Bertz CT molecular complexity index is 1440. The topological polar surface area (TPSA) is 186 Å².